The Labute approximate surface area is 141 Å². The fourth-order valence-corrected chi connectivity index (χ4v) is 3.80. The monoisotopic (exact) mass is 306 g/mol. The molecule has 0 aliphatic heterocycles. The molecule has 3 rings (SSSR count). The van der Waals surface area contributed by atoms with E-state index in [1.54, 1.807) is 11.1 Å². The maximum atomic E-state index is 2.44. The largest absolute Gasteiger partial charge is 0.0654 e. The minimum Gasteiger partial charge on any atom is -0.0654 e. The molecule has 0 aromatic heterocycles. The lowest BCUT2D eigenvalue weighted by Crippen LogP contribution is -2.13. The van der Waals surface area contributed by atoms with Crippen LogP contribution >= 0.6 is 0 Å². The lowest BCUT2D eigenvalue weighted by molar-refractivity contribution is 0.445. The molecule has 1 aliphatic rings. The first-order valence-electron chi connectivity index (χ1n) is 9.51. The van der Waals surface area contributed by atoms with Gasteiger partial charge in [0.05, 0.1) is 0 Å². The summed E-state index contributed by atoms with van der Waals surface area (Å²) in [5, 5.41) is 0. The highest BCUT2D eigenvalue weighted by Gasteiger charge is 2.17. The summed E-state index contributed by atoms with van der Waals surface area (Å²) >= 11 is 0. The third-order valence-electron chi connectivity index (χ3n) is 5.47. The molecule has 0 heteroatoms. The van der Waals surface area contributed by atoms with Crippen molar-refractivity contribution in [3.05, 3.63) is 59.2 Å². The summed E-state index contributed by atoms with van der Waals surface area (Å²) in [6.07, 6.45) is 10.4. The highest BCUT2D eigenvalue weighted by atomic mass is 14.2. The summed E-state index contributed by atoms with van der Waals surface area (Å²) in [7, 11) is 0. The van der Waals surface area contributed by atoms with Crippen LogP contribution in [0.25, 0.3) is 11.1 Å². The maximum absolute atomic E-state index is 2.44. The number of fused-ring (bicyclic) bond motifs is 1. The summed E-state index contributed by atoms with van der Waals surface area (Å²) in [5.74, 6) is 0.899. The first-order chi connectivity index (χ1) is 11.3. The predicted molar refractivity (Wildman–Crippen MR) is 101 cm³/mol. The van der Waals surface area contributed by atoms with Gasteiger partial charge in [-0.3, -0.25) is 0 Å². The van der Waals surface area contributed by atoms with Crippen molar-refractivity contribution in [3.63, 3.8) is 0 Å². The second-order valence-corrected chi connectivity index (χ2v) is 7.15. The Balaban J connectivity index is 1.72. The molecule has 0 nitrogen and oxygen atoms in total. The average molecular weight is 306 g/mol. The second kappa shape index (κ2) is 7.81. The number of unbranched alkanes of at least 4 members (excludes halogenated alkanes) is 2. The van der Waals surface area contributed by atoms with E-state index in [4.69, 9.17) is 0 Å². The van der Waals surface area contributed by atoms with E-state index in [1.165, 1.54) is 68.1 Å². The Morgan fingerprint density at radius 2 is 1.65 bits per heavy atom. The molecule has 2 aromatic rings. The zero-order valence-electron chi connectivity index (χ0n) is 14.8. The quantitative estimate of drug-likeness (QED) is 0.527. The summed E-state index contributed by atoms with van der Waals surface area (Å²) in [4.78, 5) is 0. The minimum absolute atomic E-state index is 0.899. The van der Waals surface area contributed by atoms with Gasteiger partial charge in [-0.25, -0.2) is 0 Å². The molecule has 23 heavy (non-hydrogen) atoms. The van der Waals surface area contributed by atoms with Crippen LogP contribution in [0, 0.1) is 5.92 Å². The topological polar surface area (TPSA) is 0 Å². The molecular formula is C23H30. The van der Waals surface area contributed by atoms with Crippen molar-refractivity contribution in [2.45, 2.75) is 65.2 Å². The van der Waals surface area contributed by atoms with Gasteiger partial charge in [0.15, 0.2) is 0 Å². The molecule has 0 N–H and O–H groups in total. The predicted octanol–water partition coefficient (Wildman–Crippen LogP) is 6.60. The molecule has 1 atom stereocenters. The molecule has 2 aromatic carbocycles. The van der Waals surface area contributed by atoms with Crippen LogP contribution in [0.1, 0.15) is 62.6 Å². The maximum Gasteiger partial charge on any atom is -0.0181 e. The van der Waals surface area contributed by atoms with Crippen LogP contribution in [0.3, 0.4) is 0 Å². The van der Waals surface area contributed by atoms with E-state index in [0.717, 1.165) is 5.92 Å². The summed E-state index contributed by atoms with van der Waals surface area (Å²) < 4.78 is 0. The third kappa shape index (κ3) is 4.05. The normalized spacial score (nSPS) is 17.0. The Morgan fingerprint density at radius 3 is 2.39 bits per heavy atom. The number of aryl methyl sites for hydroxylation is 2. The molecule has 0 spiro atoms. The van der Waals surface area contributed by atoms with E-state index in [0.29, 0.717) is 0 Å². The molecule has 1 unspecified atom stereocenters. The van der Waals surface area contributed by atoms with E-state index >= 15 is 0 Å². The zero-order chi connectivity index (χ0) is 16.1. The fraction of sp³-hybridized carbons (Fsp3) is 0.478. The van der Waals surface area contributed by atoms with E-state index in [9.17, 15) is 0 Å². The van der Waals surface area contributed by atoms with Crippen LogP contribution < -0.4 is 0 Å². The second-order valence-electron chi connectivity index (χ2n) is 7.15. The van der Waals surface area contributed by atoms with Crippen LogP contribution in [0.5, 0.6) is 0 Å². The molecule has 0 radical (unpaired) electrons. The van der Waals surface area contributed by atoms with Crippen LogP contribution in [-0.2, 0) is 19.3 Å². The van der Waals surface area contributed by atoms with Crippen molar-refractivity contribution >= 4 is 0 Å². The molecule has 0 bridgehead atoms. The van der Waals surface area contributed by atoms with Crippen molar-refractivity contribution in [1.29, 1.82) is 0 Å². The molecule has 122 valence electrons. The molecule has 0 heterocycles. The van der Waals surface area contributed by atoms with E-state index in [-0.39, 0.29) is 0 Å². The van der Waals surface area contributed by atoms with Crippen molar-refractivity contribution in [1.82, 2.24) is 0 Å². The van der Waals surface area contributed by atoms with Gasteiger partial charge < -0.3 is 0 Å². The van der Waals surface area contributed by atoms with Crippen molar-refractivity contribution in [2.24, 2.45) is 5.92 Å². The van der Waals surface area contributed by atoms with E-state index < -0.39 is 0 Å². The molecule has 1 aliphatic carbocycles. The lowest BCUT2D eigenvalue weighted by Gasteiger charge is -2.24. The first kappa shape index (κ1) is 16.3. The van der Waals surface area contributed by atoms with Crippen LogP contribution in [0.15, 0.2) is 42.5 Å². The Hall–Kier alpha value is -1.56. The first-order valence-corrected chi connectivity index (χ1v) is 9.51. The highest BCUT2D eigenvalue weighted by molar-refractivity contribution is 5.65. The lowest BCUT2D eigenvalue weighted by atomic mass is 9.81. The number of hydrogen-bond donors (Lipinski definition) is 0. The van der Waals surface area contributed by atoms with Crippen molar-refractivity contribution in [3.8, 4) is 11.1 Å². The van der Waals surface area contributed by atoms with Crippen molar-refractivity contribution < 1.29 is 0 Å². The van der Waals surface area contributed by atoms with E-state index in [2.05, 4.69) is 56.3 Å². The van der Waals surface area contributed by atoms with Gasteiger partial charge in [-0.05, 0) is 65.8 Å². The number of benzene rings is 2. The number of rotatable bonds is 6. The Kier molecular flexibility index (Phi) is 5.54. The Morgan fingerprint density at radius 1 is 0.870 bits per heavy atom. The van der Waals surface area contributed by atoms with Crippen LogP contribution in [0.4, 0.5) is 0 Å². The molecule has 0 saturated carbocycles. The van der Waals surface area contributed by atoms with Gasteiger partial charge in [0.25, 0.3) is 0 Å². The summed E-state index contributed by atoms with van der Waals surface area (Å²) in [5.41, 5.74) is 7.40. The van der Waals surface area contributed by atoms with Gasteiger partial charge in [0.1, 0.15) is 0 Å². The SMILES string of the molecule is CCCCCc1ccc(-c2ccc3c(c2)CCC(CC)C3)cc1. The summed E-state index contributed by atoms with van der Waals surface area (Å²) in [6.45, 7) is 4.59. The van der Waals surface area contributed by atoms with Crippen LogP contribution in [0.2, 0.25) is 0 Å². The standard InChI is InChI=1S/C23H30/c1-3-5-6-7-19-9-11-20(12-10-19)22-15-14-21-16-18(4-2)8-13-23(21)17-22/h9-12,14-15,17-18H,3-8,13,16H2,1-2H3. The molecule has 0 saturated heterocycles. The van der Waals surface area contributed by atoms with Gasteiger partial charge in [0.2, 0.25) is 0 Å². The van der Waals surface area contributed by atoms with Crippen LogP contribution in [-0.4, -0.2) is 0 Å². The molecule has 0 fully saturated rings. The highest BCUT2D eigenvalue weighted by Crippen LogP contribution is 2.31. The minimum atomic E-state index is 0.899. The van der Waals surface area contributed by atoms with Gasteiger partial charge in [-0.1, -0.05) is 75.6 Å². The number of hydrogen-bond acceptors (Lipinski definition) is 0. The van der Waals surface area contributed by atoms with E-state index in [1.807, 2.05) is 0 Å². The van der Waals surface area contributed by atoms with Gasteiger partial charge >= 0.3 is 0 Å². The van der Waals surface area contributed by atoms with Gasteiger partial charge in [-0.15, -0.1) is 0 Å². The molecule has 0 amide bonds. The average Bonchev–Trinajstić information content (AvgIpc) is 2.61. The summed E-state index contributed by atoms with van der Waals surface area (Å²) in [6, 6.07) is 16.4. The third-order valence-corrected chi connectivity index (χ3v) is 5.47. The zero-order valence-corrected chi connectivity index (χ0v) is 14.8. The smallest absolute Gasteiger partial charge is 0.0181 e. The fourth-order valence-electron chi connectivity index (χ4n) is 3.80. The van der Waals surface area contributed by atoms with Gasteiger partial charge in [0, 0.05) is 0 Å². The van der Waals surface area contributed by atoms with Crippen molar-refractivity contribution in [2.75, 3.05) is 0 Å². The molecular weight excluding hydrogens is 276 g/mol. The van der Waals surface area contributed by atoms with Gasteiger partial charge in [-0.2, -0.15) is 0 Å². The Bertz CT molecular complexity index is 621.